The number of carboxylic acids is 2. The number of hydrogen-bond donors (Lipinski definition) is 3. The van der Waals surface area contributed by atoms with Gasteiger partial charge in [-0.15, -0.1) is 0 Å². The normalized spacial score (nSPS) is 17.6. The van der Waals surface area contributed by atoms with Crippen LogP contribution >= 0.6 is 0 Å². The van der Waals surface area contributed by atoms with Crippen molar-refractivity contribution >= 4 is 11.9 Å². The van der Waals surface area contributed by atoms with E-state index in [1.165, 1.54) is 0 Å². The summed E-state index contributed by atoms with van der Waals surface area (Å²) in [5.41, 5.74) is 3.65. The minimum atomic E-state index is -1.52. The Kier molecular flexibility index (Phi) is 4.49. The van der Waals surface area contributed by atoms with Crippen molar-refractivity contribution in [3.05, 3.63) is 0 Å². The molecule has 0 aliphatic rings. The summed E-state index contributed by atoms with van der Waals surface area (Å²) in [4.78, 5) is 22.1. The molecule has 0 rings (SSSR count). The molecule has 0 aromatic rings. The molecule has 0 radical (unpaired) electrons. The van der Waals surface area contributed by atoms with Crippen LogP contribution in [0, 0.1) is 11.3 Å². The first-order chi connectivity index (χ1) is 7.06. The Hall–Kier alpha value is -1.10. The summed E-state index contributed by atoms with van der Waals surface area (Å²) in [6.45, 7) is 6.82. The Morgan fingerprint density at radius 2 is 1.69 bits per heavy atom. The number of carboxylic acid groups (broad SMARTS) is 2. The second-order valence-corrected chi connectivity index (χ2v) is 5.17. The summed E-state index contributed by atoms with van der Waals surface area (Å²) in [5.74, 6) is -2.87. The van der Waals surface area contributed by atoms with Crippen LogP contribution in [0.2, 0.25) is 0 Å². The lowest BCUT2D eigenvalue weighted by Crippen LogP contribution is -2.59. The molecule has 0 bridgehead atoms. The predicted octanol–water partition coefficient (Wildman–Crippen LogP) is 1.32. The molecule has 0 saturated heterocycles. The van der Waals surface area contributed by atoms with Crippen LogP contribution in [-0.2, 0) is 9.59 Å². The molecule has 0 saturated carbocycles. The minimum Gasteiger partial charge on any atom is -0.481 e. The standard InChI is InChI=1S/C11H21NO4/c1-5-7(8(13)14)6-11(12,9(15)16)10(2,3)4/h7H,5-6,12H2,1-4H3,(H,13,14)(H,15,16)/t7?,11-/m0/s1. The van der Waals surface area contributed by atoms with Crippen LogP contribution in [0.5, 0.6) is 0 Å². The lowest BCUT2D eigenvalue weighted by atomic mass is 9.69. The van der Waals surface area contributed by atoms with Crippen LogP contribution in [-0.4, -0.2) is 27.7 Å². The second kappa shape index (κ2) is 4.82. The van der Waals surface area contributed by atoms with Gasteiger partial charge >= 0.3 is 11.9 Å². The molecule has 0 amide bonds. The first-order valence-electron chi connectivity index (χ1n) is 5.31. The summed E-state index contributed by atoms with van der Waals surface area (Å²) >= 11 is 0. The summed E-state index contributed by atoms with van der Waals surface area (Å²) in [6.07, 6.45) is 0.315. The van der Waals surface area contributed by atoms with Gasteiger partial charge in [-0.25, -0.2) is 0 Å². The second-order valence-electron chi connectivity index (χ2n) is 5.17. The maximum absolute atomic E-state index is 11.2. The van der Waals surface area contributed by atoms with Crippen molar-refractivity contribution in [2.45, 2.75) is 46.1 Å². The van der Waals surface area contributed by atoms with Gasteiger partial charge in [0.05, 0.1) is 5.92 Å². The van der Waals surface area contributed by atoms with Crippen molar-refractivity contribution < 1.29 is 19.8 Å². The molecule has 1 unspecified atom stereocenters. The van der Waals surface area contributed by atoms with Crippen molar-refractivity contribution in [3.63, 3.8) is 0 Å². The van der Waals surface area contributed by atoms with Gasteiger partial charge in [0.1, 0.15) is 5.54 Å². The van der Waals surface area contributed by atoms with E-state index in [1.54, 1.807) is 27.7 Å². The Labute approximate surface area is 95.6 Å². The number of hydrogen-bond acceptors (Lipinski definition) is 3. The number of rotatable bonds is 5. The van der Waals surface area contributed by atoms with Gasteiger partial charge in [0.25, 0.3) is 0 Å². The number of carbonyl (C=O) groups is 2. The van der Waals surface area contributed by atoms with Gasteiger partial charge in [-0.3, -0.25) is 9.59 Å². The zero-order valence-electron chi connectivity index (χ0n) is 10.3. The van der Waals surface area contributed by atoms with Gasteiger partial charge in [-0.05, 0) is 18.3 Å². The largest absolute Gasteiger partial charge is 0.481 e. The van der Waals surface area contributed by atoms with E-state index in [9.17, 15) is 14.7 Å². The quantitative estimate of drug-likeness (QED) is 0.662. The Morgan fingerprint density at radius 3 is 1.88 bits per heavy atom. The van der Waals surface area contributed by atoms with E-state index in [2.05, 4.69) is 0 Å². The summed E-state index contributed by atoms with van der Waals surface area (Å²) in [7, 11) is 0. The van der Waals surface area contributed by atoms with E-state index in [-0.39, 0.29) is 6.42 Å². The van der Waals surface area contributed by atoms with E-state index in [0.717, 1.165) is 0 Å². The topological polar surface area (TPSA) is 101 Å². The summed E-state index contributed by atoms with van der Waals surface area (Å²) in [5, 5.41) is 18.1. The Morgan fingerprint density at radius 1 is 1.25 bits per heavy atom. The highest BCUT2D eigenvalue weighted by Gasteiger charge is 2.47. The molecule has 0 heterocycles. The van der Waals surface area contributed by atoms with Crippen LogP contribution < -0.4 is 5.73 Å². The highest BCUT2D eigenvalue weighted by Crippen LogP contribution is 2.34. The molecule has 0 aromatic heterocycles. The molecular formula is C11H21NO4. The van der Waals surface area contributed by atoms with Crippen LogP contribution in [0.15, 0.2) is 0 Å². The lowest BCUT2D eigenvalue weighted by Gasteiger charge is -2.39. The fraction of sp³-hybridized carbons (Fsp3) is 0.818. The van der Waals surface area contributed by atoms with Crippen LogP contribution in [0.25, 0.3) is 0 Å². The minimum absolute atomic E-state index is 0.0579. The number of aliphatic carboxylic acids is 2. The van der Waals surface area contributed by atoms with Crippen molar-refractivity contribution in [1.29, 1.82) is 0 Å². The first-order valence-corrected chi connectivity index (χ1v) is 5.31. The molecule has 5 nitrogen and oxygen atoms in total. The molecule has 16 heavy (non-hydrogen) atoms. The fourth-order valence-electron chi connectivity index (χ4n) is 1.51. The third-order valence-electron chi connectivity index (χ3n) is 3.13. The van der Waals surface area contributed by atoms with Crippen LogP contribution in [0.3, 0.4) is 0 Å². The molecule has 0 fully saturated rings. The Balaban J connectivity index is 5.10. The molecule has 0 aromatic carbocycles. The monoisotopic (exact) mass is 231 g/mol. The maximum atomic E-state index is 11.2. The fourth-order valence-corrected chi connectivity index (χ4v) is 1.51. The van der Waals surface area contributed by atoms with Crippen LogP contribution in [0.1, 0.15) is 40.5 Å². The lowest BCUT2D eigenvalue weighted by molar-refractivity contribution is -0.151. The zero-order valence-corrected chi connectivity index (χ0v) is 10.3. The number of nitrogens with two attached hydrogens (primary N) is 1. The molecule has 94 valence electrons. The molecule has 0 spiro atoms. The predicted molar refractivity (Wildman–Crippen MR) is 60.0 cm³/mol. The highest BCUT2D eigenvalue weighted by molar-refractivity contribution is 5.81. The third-order valence-corrected chi connectivity index (χ3v) is 3.13. The van der Waals surface area contributed by atoms with Crippen LogP contribution in [0.4, 0.5) is 0 Å². The van der Waals surface area contributed by atoms with E-state index >= 15 is 0 Å². The molecule has 0 aliphatic carbocycles. The van der Waals surface area contributed by atoms with Crippen molar-refractivity contribution in [2.24, 2.45) is 17.1 Å². The van der Waals surface area contributed by atoms with E-state index in [4.69, 9.17) is 10.8 Å². The maximum Gasteiger partial charge on any atom is 0.324 e. The summed E-state index contributed by atoms with van der Waals surface area (Å²) in [6, 6.07) is 0. The van der Waals surface area contributed by atoms with E-state index < -0.39 is 28.8 Å². The summed E-state index contributed by atoms with van der Waals surface area (Å²) < 4.78 is 0. The molecular weight excluding hydrogens is 210 g/mol. The van der Waals surface area contributed by atoms with Crippen molar-refractivity contribution in [3.8, 4) is 0 Å². The Bertz CT molecular complexity index is 282. The molecule has 4 N–H and O–H groups in total. The van der Waals surface area contributed by atoms with Crippen molar-refractivity contribution in [2.75, 3.05) is 0 Å². The average molecular weight is 231 g/mol. The van der Waals surface area contributed by atoms with Gasteiger partial charge < -0.3 is 15.9 Å². The van der Waals surface area contributed by atoms with Gasteiger partial charge in [0, 0.05) is 0 Å². The highest BCUT2D eigenvalue weighted by atomic mass is 16.4. The smallest absolute Gasteiger partial charge is 0.324 e. The molecule has 5 heteroatoms. The van der Waals surface area contributed by atoms with Gasteiger partial charge in [-0.1, -0.05) is 27.7 Å². The third kappa shape index (κ3) is 2.95. The SMILES string of the molecule is CCC(C[C@](N)(C(=O)O)C(C)(C)C)C(=O)O. The molecule has 2 atom stereocenters. The van der Waals surface area contributed by atoms with Gasteiger partial charge in [0.15, 0.2) is 0 Å². The first kappa shape index (κ1) is 14.9. The van der Waals surface area contributed by atoms with Gasteiger partial charge in [-0.2, -0.15) is 0 Å². The molecule has 0 aliphatic heterocycles. The average Bonchev–Trinajstić information content (AvgIpc) is 2.10. The zero-order chi connectivity index (χ0) is 13.1. The van der Waals surface area contributed by atoms with Crippen molar-refractivity contribution in [1.82, 2.24) is 0 Å². The van der Waals surface area contributed by atoms with E-state index in [1.807, 2.05) is 0 Å². The van der Waals surface area contributed by atoms with Gasteiger partial charge in [0.2, 0.25) is 0 Å². The van der Waals surface area contributed by atoms with E-state index in [0.29, 0.717) is 6.42 Å².